The fraction of sp³-hybridized carbons (Fsp3) is 0.643. The third-order valence-electron chi connectivity index (χ3n) is 3.15. The molecule has 3 heteroatoms. The van der Waals surface area contributed by atoms with E-state index in [1.807, 2.05) is 13.0 Å². The zero-order valence-corrected chi connectivity index (χ0v) is 10.8. The van der Waals surface area contributed by atoms with Gasteiger partial charge in [-0.3, -0.25) is 4.79 Å². The van der Waals surface area contributed by atoms with Crippen LogP contribution in [-0.2, 0) is 14.3 Å². The number of hydrogen-bond donors (Lipinski definition) is 0. The van der Waals surface area contributed by atoms with Gasteiger partial charge in [-0.2, -0.15) is 0 Å². The van der Waals surface area contributed by atoms with E-state index < -0.39 is 5.79 Å². The summed E-state index contributed by atoms with van der Waals surface area (Å²) in [6.07, 6.45) is 5.39. The molecule has 0 radical (unpaired) electrons. The van der Waals surface area contributed by atoms with Crippen molar-refractivity contribution in [1.82, 2.24) is 0 Å². The lowest BCUT2D eigenvalue weighted by atomic mass is 9.95. The highest BCUT2D eigenvalue weighted by Crippen LogP contribution is 2.40. The first-order valence-corrected chi connectivity index (χ1v) is 6.30. The van der Waals surface area contributed by atoms with Crippen LogP contribution in [0, 0.1) is 5.92 Å². The van der Waals surface area contributed by atoms with Crippen molar-refractivity contribution < 1.29 is 14.3 Å². The molecular weight excluding hydrogens is 216 g/mol. The molecule has 0 aromatic rings. The molecule has 0 bridgehead atoms. The molecular formula is C14H20O3. The highest BCUT2D eigenvalue weighted by Gasteiger charge is 2.50. The molecule has 3 nitrogen and oxygen atoms in total. The van der Waals surface area contributed by atoms with Crippen molar-refractivity contribution in [1.29, 1.82) is 0 Å². The van der Waals surface area contributed by atoms with Crippen LogP contribution in [0.4, 0.5) is 0 Å². The highest BCUT2D eigenvalue weighted by molar-refractivity contribution is 6.04. The molecule has 1 heterocycles. The summed E-state index contributed by atoms with van der Waals surface area (Å²) in [6, 6.07) is 0. The van der Waals surface area contributed by atoms with Crippen molar-refractivity contribution >= 4 is 5.78 Å². The van der Waals surface area contributed by atoms with Crippen molar-refractivity contribution in [3.05, 3.63) is 23.3 Å². The fourth-order valence-corrected chi connectivity index (χ4v) is 2.49. The van der Waals surface area contributed by atoms with Gasteiger partial charge in [-0.15, -0.1) is 0 Å². The number of ether oxygens (including phenoxy) is 2. The van der Waals surface area contributed by atoms with E-state index >= 15 is 0 Å². The van der Waals surface area contributed by atoms with Gasteiger partial charge >= 0.3 is 0 Å². The lowest BCUT2D eigenvalue weighted by Gasteiger charge is -2.34. The number of rotatable bonds is 2. The van der Waals surface area contributed by atoms with Gasteiger partial charge in [0.25, 0.3) is 5.79 Å². The van der Waals surface area contributed by atoms with Gasteiger partial charge in [0.2, 0.25) is 5.78 Å². The quantitative estimate of drug-likeness (QED) is 0.739. The summed E-state index contributed by atoms with van der Waals surface area (Å²) in [5.74, 6) is -0.652. The van der Waals surface area contributed by atoms with E-state index in [0.717, 1.165) is 24.0 Å². The molecule has 1 fully saturated rings. The molecule has 0 atom stereocenters. The second-order valence-corrected chi connectivity index (χ2v) is 5.00. The molecule has 1 aliphatic carbocycles. The molecule has 0 amide bonds. The Balaban J connectivity index is 2.29. The van der Waals surface area contributed by atoms with E-state index in [1.165, 1.54) is 0 Å². The minimum absolute atomic E-state index is 0.0547. The molecule has 2 aliphatic rings. The average molecular weight is 236 g/mol. The van der Waals surface area contributed by atoms with Crippen molar-refractivity contribution in [3.63, 3.8) is 0 Å². The number of carbonyl (C=O) groups is 1. The molecule has 1 aliphatic heterocycles. The van der Waals surface area contributed by atoms with Crippen LogP contribution >= 0.6 is 0 Å². The largest absolute Gasteiger partial charge is 0.340 e. The first-order valence-electron chi connectivity index (χ1n) is 6.30. The molecule has 0 aromatic carbocycles. The maximum atomic E-state index is 12.1. The van der Waals surface area contributed by atoms with Gasteiger partial charge < -0.3 is 9.47 Å². The van der Waals surface area contributed by atoms with Gasteiger partial charge in [0.05, 0.1) is 13.2 Å². The summed E-state index contributed by atoms with van der Waals surface area (Å²) in [4.78, 5) is 12.1. The Kier molecular flexibility index (Phi) is 3.50. The normalized spacial score (nSPS) is 26.0. The Morgan fingerprint density at radius 3 is 2.59 bits per heavy atom. The van der Waals surface area contributed by atoms with Crippen molar-refractivity contribution in [2.45, 2.75) is 39.4 Å². The first-order chi connectivity index (χ1) is 8.10. The number of allylic oxidation sites excluding steroid dienone is 1. The lowest BCUT2D eigenvalue weighted by Crippen LogP contribution is -2.46. The fourth-order valence-electron chi connectivity index (χ4n) is 2.49. The minimum atomic E-state index is -1.11. The van der Waals surface area contributed by atoms with E-state index in [0.29, 0.717) is 19.1 Å². The van der Waals surface area contributed by atoms with E-state index in [9.17, 15) is 4.79 Å². The molecule has 0 N–H and O–H groups in total. The van der Waals surface area contributed by atoms with E-state index in [-0.39, 0.29) is 5.78 Å². The Labute approximate surface area is 102 Å². The maximum Gasteiger partial charge on any atom is 0.260 e. The van der Waals surface area contributed by atoms with Gasteiger partial charge in [0.1, 0.15) is 0 Å². The summed E-state index contributed by atoms with van der Waals surface area (Å²) in [5, 5.41) is 0. The van der Waals surface area contributed by atoms with Gasteiger partial charge in [-0.05, 0) is 37.3 Å². The SMILES string of the molecule is CC=C1C(CC(C)C)=CC(=O)C12OCCCO2. The summed E-state index contributed by atoms with van der Waals surface area (Å²) < 4.78 is 11.3. The van der Waals surface area contributed by atoms with Crippen molar-refractivity contribution in [3.8, 4) is 0 Å². The van der Waals surface area contributed by atoms with Crippen LogP contribution in [0.3, 0.4) is 0 Å². The van der Waals surface area contributed by atoms with Crippen LogP contribution < -0.4 is 0 Å². The minimum Gasteiger partial charge on any atom is -0.340 e. The predicted molar refractivity (Wildman–Crippen MR) is 65.6 cm³/mol. The molecule has 0 saturated carbocycles. The highest BCUT2D eigenvalue weighted by atomic mass is 16.7. The predicted octanol–water partition coefficient (Wildman–Crippen LogP) is 2.62. The smallest absolute Gasteiger partial charge is 0.260 e. The number of hydrogen-bond acceptors (Lipinski definition) is 3. The van der Waals surface area contributed by atoms with Gasteiger partial charge in [0.15, 0.2) is 0 Å². The molecule has 17 heavy (non-hydrogen) atoms. The third kappa shape index (κ3) is 2.09. The van der Waals surface area contributed by atoms with Crippen LogP contribution in [-0.4, -0.2) is 24.8 Å². The first kappa shape index (κ1) is 12.5. The second-order valence-electron chi connectivity index (χ2n) is 5.00. The Bertz CT molecular complexity index is 371. The molecule has 1 spiro atoms. The van der Waals surface area contributed by atoms with Crippen molar-refractivity contribution in [2.24, 2.45) is 5.92 Å². The zero-order valence-electron chi connectivity index (χ0n) is 10.8. The summed E-state index contributed by atoms with van der Waals surface area (Å²) >= 11 is 0. The number of ketones is 1. The van der Waals surface area contributed by atoms with Crippen LogP contribution in [0.15, 0.2) is 23.3 Å². The molecule has 1 saturated heterocycles. The van der Waals surface area contributed by atoms with Crippen LogP contribution in [0.25, 0.3) is 0 Å². The number of carbonyl (C=O) groups excluding carboxylic acids is 1. The second kappa shape index (κ2) is 4.75. The van der Waals surface area contributed by atoms with E-state index in [4.69, 9.17) is 9.47 Å². The Morgan fingerprint density at radius 1 is 1.41 bits per heavy atom. The molecule has 0 unspecified atom stereocenters. The van der Waals surface area contributed by atoms with Gasteiger partial charge in [-0.1, -0.05) is 19.9 Å². The van der Waals surface area contributed by atoms with Crippen LogP contribution in [0.1, 0.15) is 33.6 Å². The van der Waals surface area contributed by atoms with Crippen LogP contribution in [0.2, 0.25) is 0 Å². The average Bonchev–Trinajstić information content (AvgIpc) is 2.52. The van der Waals surface area contributed by atoms with Gasteiger partial charge in [-0.25, -0.2) is 0 Å². The van der Waals surface area contributed by atoms with E-state index in [1.54, 1.807) is 6.08 Å². The zero-order chi connectivity index (χ0) is 12.5. The molecule has 94 valence electrons. The monoisotopic (exact) mass is 236 g/mol. The lowest BCUT2D eigenvalue weighted by molar-refractivity contribution is -0.227. The molecule has 2 rings (SSSR count). The van der Waals surface area contributed by atoms with Gasteiger partial charge in [0, 0.05) is 5.57 Å². The van der Waals surface area contributed by atoms with E-state index in [2.05, 4.69) is 13.8 Å². The summed E-state index contributed by atoms with van der Waals surface area (Å²) in [7, 11) is 0. The Morgan fingerprint density at radius 2 is 2.06 bits per heavy atom. The standard InChI is InChI=1S/C14H20O3/c1-4-12-11(8-10(2)3)9-13(15)14(12)16-6-5-7-17-14/h4,9-10H,5-8H2,1-3H3. The maximum absolute atomic E-state index is 12.1. The summed E-state index contributed by atoms with van der Waals surface area (Å²) in [5.41, 5.74) is 1.98. The topological polar surface area (TPSA) is 35.5 Å². The van der Waals surface area contributed by atoms with Crippen LogP contribution in [0.5, 0.6) is 0 Å². The Hall–Kier alpha value is -0.930. The molecule has 0 aromatic heterocycles. The summed E-state index contributed by atoms with van der Waals surface area (Å²) in [6.45, 7) is 7.40. The third-order valence-corrected chi connectivity index (χ3v) is 3.15. The van der Waals surface area contributed by atoms with Crippen molar-refractivity contribution in [2.75, 3.05) is 13.2 Å².